The zero-order valence-electron chi connectivity index (χ0n) is 14.2. The van der Waals surface area contributed by atoms with Crippen molar-refractivity contribution in [3.8, 4) is 11.5 Å². The van der Waals surface area contributed by atoms with Gasteiger partial charge in [-0.1, -0.05) is 36.4 Å². The molecule has 0 saturated carbocycles. The molecule has 1 unspecified atom stereocenters. The molecular weight excluding hydrogens is 330 g/mol. The van der Waals surface area contributed by atoms with Crippen molar-refractivity contribution in [2.24, 2.45) is 0 Å². The van der Waals surface area contributed by atoms with Crippen molar-refractivity contribution in [2.75, 3.05) is 25.0 Å². The lowest BCUT2D eigenvalue weighted by Crippen LogP contribution is -2.44. The number of oxazole rings is 1. The number of amides is 2. The van der Waals surface area contributed by atoms with E-state index >= 15 is 0 Å². The van der Waals surface area contributed by atoms with Crippen LogP contribution in [0.5, 0.6) is 0 Å². The van der Waals surface area contributed by atoms with Gasteiger partial charge in [-0.05, 0) is 23.8 Å². The standard InChI is InChI=1S/C20H19N3O3/c24-20(22-17-8-4-7-16(13-17)19-21-9-11-26-19)23-10-12-25-18(14-23)15-5-2-1-3-6-15/h1-9,11,13,18H,10,12,14H2,(H,22,24). The molecule has 1 aliphatic heterocycles. The molecule has 2 aromatic carbocycles. The molecule has 26 heavy (non-hydrogen) atoms. The van der Waals surface area contributed by atoms with Crippen LogP contribution in [0.15, 0.2) is 71.5 Å². The average molecular weight is 349 g/mol. The van der Waals surface area contributed by atoms with Crippen molar-refractivity contribution in [1.29, 1.82) is 0 Å². The molecule has 4 rings (SSSR count). The number of carbonyl (C=O) groups excluding carboxylic acids is 1. The van der Waals surface area contributed by atoms with E-state index < -0.39 is 0 Å². The van der Waals surface area contributed by atoms with Gasteiger partial charge in [0.25, 0.3) is 0 Å². The van der Waals surface area contributed by atoms with E-state index in [4.69, 9.17) is 9.15 Å². The van der Waals surface area contributed by atoms with Crippen LogP contribution in [-0.2, 0) is 4.74 Å². The predicted octanol–water partition coefficient (Wildman–Crippen LogP) is 3.95. The predicted molar refractivity (Wildman–Crippen MR) is 97.7 cm³/mol. The number of aromatic nitrogens is 1. The molecule has 2 amide bonds. The Hall–Kier alpha value is -3.12. The number of morpholine rings is 1. The number of rotatable bonds is 3. The highest BCUT2D eigenvalue weighted by atomic mass is 16.5. The van der Waals surface area contributed by atoms with E-state index in [1.54, 1.807) is 11.1 Å². The smallest absolute Gasteiger partial charge is 0.322 e. The summed E-state index contributed by atoms with van der Waals surface area (Å²) < 4.78 is 11.1. The van der Waals surface area contributed by atoms with E-state index in [9.17, 15) is 4.79 Å². The van der Waals surface area contributed by atoms with E-state index in [1.807, 2.05) is 54.6 Å². The largest absolute Gasteiger partial charge is 0.445 e. The minimum absolute atomic E-state index is 0.102. The minimum atomic E-state index is -0.140. The second-order valence-electron chi connectivity index (χ2n) is 6.06. The lowest BCUT2D eigenvalue weighted by atomic mass is 10.1. The summed E-state index contributed by atoms with van der Waals surface area (Å²) in [5.41, 5.74) is 2.60. The van der Waals surface area contributed by atoms with Crippen LogP contribution < -0.4 is 5.32 Å². The van der Waals surface area contributed by atoms with E-state index in [0.717, 1.165) is 11.1 Å². The van der Waals surface area contributed by atoms with Gasteiger partial charge in [-0.15, -0.1) is 0 Å². The third-order valence-corrected chi connectivity index (χ3v) is 4.32. The zero-order valence-corrected chi connectivity index (χ0v) is 14.2. The van der Waals surface area contributed by atoms with Crippen molar-refractivity contribution < 1.29 is 13.9 Å². The van der Waals surface area contributed by atoms with Crippen molar-refractivity contribution in [1.82, 2.24) is 9.88 Å². The summed E-state index contributed by atoms with van der Waals surface area (Å²) in [5, 5.41) is 2.95. The van der Waals surface area contributed by atoms with Crippen LogP contribution in [0.3, 0.4) is 0 Å². The first-order chi connectivity index (χ1) is 12.8. The molecule has 132 valence electrons. The highest BCUT2D eigenvalue weighted by Gasteiger charge is 2.25. The Morgan fingerprint density at radius 1 is 1.15 bits per heavy atom. The van der Waals surface area contributed by atoms with Gasteiger partial charge in [0.2, 0.25) is 5.89 Å². The van der Waals surface area contributed by atoms with Crippen LogP contribution in [-0.4, -0.2) is 35.6 Å². The number of hydrogen-bond acceptors (Lipinski definition) is 4. The van der Waals surface area contributed by atoms with Crippen LogP contribution in [0.2, 0.25) is 0 Å². The first-order valence-corrected chi connectivity index (χ1v) is 8.52. The minimum Gasteiger partial charge on any atom is -0.445 e. The highest BCUT2D eigenvalue weighted by molar-refractivity contribution is 5.90. The fourth-order valence-corrected chi connectivity index (χ4v) is 3.00. The van der Waals surface area contributed by atoms with Gasteiger partial charge in [0, 0.05) is 17.8 Å². The van der Waals surface area contributed by atoms with Gasteiger partial charge in [-0.2, -0.15) is 0 Å². The van der Waals surface area contributed by atoms with Crippen molar-refractivity contribution in [3.05, 3.63) is 72.6 Å². The molecular formula is C20H19N3O3. The van der Waals surface area contributed by atoms with Gasteiger partial charge in [0.15, 0.2) is 0 Å². The van der Waals surface area contributed by atoms with Gasteiger partial charge in [-0.3, -0.25) is 0 Å². The highest BCUT2D eigenvalue weighted by Crippen LogP contribution is 2.24. The van der Waals surface area contributed by atoms with Crippen LogP contribution in [0.1, 0.15) is 11.7 Å². The maximum Gasteiger partial charge on any atom is 0.322 e. The molecule has 1 fully saturated rings. The second-order valence-corrected chi connectivity index (χ2v) is 6.06. The molecule has 6 heteroatoms. The van der Waals surface area contributed by atoms with Gasteiger partial charge in [-0.25, -0.2) is 9.78 Å². The van der Waals surface area contributed by atoms with E-state index in [0.29, 0.717) is 31.3 Å². The van der Waals surface area contributed by atoms with Crippen LogP contribution in [0.25, 0.3) is 11.5 Å². The summed E-state index contributed by atoms with van der Waals surface area (Å²) in [6.45, 7) is 1.60. The Labute approximate surface area is 151 Å². The van der Waals surface area contributed by atoms with Crippen LogP contribution in [0.4, 0.5) is 10.5 Å². The molecule has 1 atom stereocenters. The monoisotopic (exact) mass is 349 g/mol. The third-order valence-electron chi connectivity index (χ3n) is 4.32. The van der Waals surface area contributed by atoms with Crippen molar-refractivity contribution >= 4 is 11.7 Å². The van der Waals surface area contributed by atoms with Crippen LogP contribution >= 0.6 is 0 Å². The summed E-state index contributed by atoms with van der Waals surface area (Å²) in [5.74, 6) is 0.525. The molecule has 0 spiro atoms. The molecule has 0 aliphatic carbocycles. The van der Waals surface area contributed by atoms with Crippen molar-refractivity contribution in [2.45, 2.75) is 6.10 Å². The van der Waals surface area contributed by atoms with E-state index in [1.165, 1.54) is 6.26 Å². The lowest BCUT2D eigenvalue weighted by molar-refractivity contribution is -0.0135. The number of carbonyl (C=O) groups is 1. The number of anilines is 1. The number of ether oxygens (including phenoxy) is 1. The van der Waals surface area contributed by atoms with Gasteiger partial charge in [0.1, 0.15) is 12.4 Å². The lowest BCUT2D eigenvalue weighted by Gasteiger charge is -2.33. The van der Waals surface area contributed by atoms with E-state index in [2.05, 4.69) is 10.3 Å². The van der Waals surface area contributed by atoms with Crippen molar-refractivity contribution in [3.63, 3.8) is 0 Å². The Bertz CT molecular complexity index is 865. The number of nitrogens with one attached hydrogen (secondary N) is 1. The molecule has 1 aliphatic rings. The Kier molecular flexibility index (Phi) is 4.66. The molecule has 0 radical (unpaired) electrons. The maximum absolute atomic E-state index is 12.7. The molecule has 3 aromatic rings. The SMILES string of the molecule is O=C(Nc1cccc(-c2ncco2)c1)N1CCOC(c2ccccc2)C1. The topological polar surface area (TPSA) is 67.6 Å². The van der Waals surface area contributed by atoms with Gasteiger partial charge >= 0.3 is 6.03 Å². The normalized spacial score (nSPS) is 17.1. The summed E-state index contributed by atoms with van der Waals surface area (Å²) in [4.78, 5) is 18.6. The number of nitrogens with zero attached hydrogens (tertiary/aromatic N) is 2. The van der Waals surface area contributed by atoms with Gasteiger partial charge < -0.3 is 19.4 Å². The first kappa shape index (κ1) is 16.4. The number of urea groups is 1. The third kappa shape index (κ3) is 3.60. The zero-order chi connectivity index (χ0) is 17.8. The summed E-state index contributed by atoms with van der Waals surface area (Å²) in [6, 6.07) is 17.3. The fourth-order valence-electron chi connectivity index (χ4n) is 3.00. The summed E-state index contributed by atoms with van der Waals surface area (Å²) in [6.07, 6.45) is 3.02. The number of hydrogen-bond donors (Lipinski definition) is 1. The quantitative estimate of drug-likeness (QED) is 0.777. The second kappa shape index (κ2) is 7.41. The maximum atomic E-state index is 12.7. The molecule has 2 heterocycles. The molecule has 1 saturated heterocycles. The molecule has 1 aromatic heterocycles. The summed E-state index contributed by atoms with van der Waals surface area (Å²) >= 11 is 0. The summed E-state index contributed by atoms with van der Waals surface area (Å²) in [7, 11) is 0. The molecule has 1 N–H and O–H groups in total. The van der Waals surface area contributed by atoms with E-state index in [-0.39, 0.29) is 12.1 Å². The Balaban J connectivity index is 1.44. The Morgan fingerprint density at radius 2 is 2.04 bits per heavy atom. The molecule has 0 bridgehead atoms. The first-order valence-electron chi connectivity index (χ1n) is 8.52. The van der Waals surface area contributed by atoms with Gasteiger partial charge in [0.05, 0.1) is 19.3 Å². The average Bonchev–Trinajstić information content (AvgIpc) is 3.24. The van der Waals surface area contributed by atoms with Crippen LogP contribution in [0, 0.1) is 0 Å². The fraction of sp³-hybridized carbons (Fsp3) is 0.200. The molecule has 6 nitrogen and oxygen atoms in total. The Morgan fingerprint density at radius 3 is 2.85 bits per heavy atom. The number of benzene rings is 2.